The van der Waals surface area contributed by atoms with Gasteiger partial charge >= 0.3 is 6.36 Å². The molecule has 7 heteroatoms. The molecule has 0 saturated heterocycles. The van der Waals surface area contributed by atoms with Crippen LogP contribution in [0.3, 0.4) is 0 Å². The second-order valence-corrected chi connectivity index (χ2v) is 3.59. The Morgan fingerprint density at radius 2 is 1.75 bits per heavy atom. The summed E-state index contributed by atoms with van der Waals surface area (Å²) in [5.41, 5.74) is 0.178. The molecular formula is C13H7F3N2O2. The maximum absolute atomic E-state index is 12.2. The molecule has 4 nitrogen and oxygen atoms in total. The first-order valence-electron chi connectivity index (χ1n) is 5.37. The minimum absolute atomic E-state index is 0.101. The third kappa shape index (κ3) is 3.62. The molecule has 1 aromatic heterocycles. The molecular weight excluding hydrogens is 273 g/mol. The quantitative estimate of drug-likeness (QED) is 0.861. The van der Waals surface area contributed by atoms with Crippen LogP contribution in [-0.4, -0.2) is 11.3 Å². The average Bonchev–Trinajstić information content (AvgIpc) is 2.40. The molecule has 0 spiro atoms. The van der Waals surface area contributed by atoms with E-state index in [0.29, 0.717) is 0 Å². The van der Waals surface area contributed by atoms with Gasteiger partial charge in [-0.25, -0.2) is 4.98 Å². The number of pyridine rings is 1. The molecule has 0 N–H and O–H groups in total. The summed E-state index contributed by atoms with van der Waals surface area (Å²) in [6.45, 7) is 0. The molecule has 0 bridgehead atoms. The molecule has 0 saturated carbocycles. The number of para-hydroxylation sites is 2. The summed E-state index contributed by atoms with van der Waals surface area (Å²) in [6, 6.07) is 10.0. The minimum atomic E-state index is -4.80. The molecule has 0 fully saturated rings. The van der Waals surface area contributed by atoms with Crippen molar-refractivity contribution < 1.29 is 22.6 Å². The zero-order valence-electron chi connectivity index (χ0n) is 9.89. The summed E-state index contributed by atoms with van der Waals surface area (Å²) in [5.74, 6) is -0.358. The maximum Gasteiger partial charge on any atom is 0.573 e. The van der Waals surface area contributed by atoms with Crippen molar-refractivity contribution >= 4 is 0 Å². The smallest absolute Gasteiger partial charge is 0.452 e. The summed E-state index contributed by atoms with van der Waals surface area (Å²) in [4.78, 5) is 3.75. The fourth-order valence-electron chi connectivity index (χ4n) is 1.38. The Hall–Kier alpha value is -2.75. The molecule has 0 aliphatic carbocycles. The highest BCUT2D eigenvalue weighted by molar-refractivity contribution is 5.42. The number of hydrogen-bond acceptors (Lipinski definition) is 4. The molecule has 0 aliphatic rings. The van der Waals surface area contributed by atoms with E-state index in [1.54, 1.807) is 0 Å². The maximum atomic E-state index is 12.2. The van der Waals surface area contributed by atoms with E-state index in [1.807, 2.05) is 6.07 Å². The van der Waals surface area contributed by atoms with Crippen LogP contribution in [0, 0.1) is 11.3 Å². The number of rotatable bonds is 3. The highest BCUT2D eigenvalue weighted by atomic mass is 19.4. The molecule has 0 aliphatic heterocycles. The van der Waals surface area contributed by atoms with Gasteiger partial charge in [-0.3, -0.25) is 0 Å². The lowest BCUT2D eigenvalue weighted by atomic mass is 10.3. The van der Waals surface area contributed by atoms with Crippen LogP contribution in [0.4, 0.5) is 13.2 Å². The van der Waals surface area contributed by atoms with Gasteiger partial charge in [0, 0.05) is 0 Å². The Balaban J connectivity index is 2.22. The first kappa shape index (κ1) is 13.7. The SMILES string of the molecule is N#Cc1ccc(Oc2ccccc2OC(F)(F)F)cn1. The normalized spacial score (nSPS) is 10.7. The van der Waals surface area contributed by atoms with Gasteiger partial charge in [-0.15, -0.1) is 13.2 Å². The van der Waals surface area contributed by atoms with Gasteiger partial charge in [-0.1, -0.05) is 12.1 Å². The highest BCUT2D eigenvalue weighted by Crippen LogP contribution is 2.34. The van der Waals surface area contributed by atoms with Gasteiger partial charge < -0.3 is 9.47 Å². The van der Waals surface area contributed by atoms with E-state index in [1.165, 1.54) is 36.5 Å². The van der Waals surface area contributed by atoms with Crippen molar-refractivity contribution in [3.63, 3.8) is 0 Å². The lowest BCUT2D eigenvalue weighted by Gasteiger charge is -2.13. The molecule has 2 rings (SSSR count). The number of hydrogen-bond donors (Lipinski definition) is 0. The van der Waals surface area contributed by atoms with Crippen LogP contribution in [0.15, 0.2) is 42.6 Å². The van der Waals surface area contributed by atoms with Gasteiger partial charge in [0.15, 0.2) is 11.5 Å². The van der Waals surface area contributed by atoms with E-state index in [-0.39, 0.29) is 17.2 Å². The van der Waals surface area contributed by atoms with Crippen molar-refractivity contribution in [1.29, 1.82) is 5.26 Å². The fraction of sp³-hybridized carbons (Fsp3) is 0.0769. The van der Waals surface area contributed by atoms with Crippen molar-refractivity contribution in [2.24, 2.45) is 0 Å². The molecule has 2 aromatic rings. The molecule has 0 atom stereocenters. The van der Waals surface area contributed by atoms with Crippen molar-refractivity contribution in [1.82, 2.24) is 4.98 Å². The van der Waals surface area contributed by atoms with Gasteiger partial charge in [-0.2, -0.15) is 5.26 Å². The molecule has 1 heterocycles. The van der Waals surface area contributed by atoms with Crippen LogP contribution < -0.4 is 9.47 Å². The van der Waals surface area contributed by atoms with Crippen molar-refractivity contribution in [3.05, 3.63) is 48.3 Å². The Morgan fingerprint density at radius 1 is 1.05 bits per heavy atom. The molecule has 0 unspecified atom stereocenters. The first-order valence-corrected chi connectivity index (χ1v) is 5.37. The zero-order valence-corrected chi connectivity index (χ0v) is 9.89. The third-order valence-corrected chi connectivity index (χ3v) is 2.15. The monoisotopic (exact) mass is 280 g/mol. The molecule has 0 radical (unpaired) electrons. The largest absolute Gasteiger partial charge is 0.573 e. The number of alkyl halides is 3. The number of benzene rings is 1. The summed E-state index contributed by atoms with van der Waals surface area (Å²) < 4.78 is 45.8. The number of nitrogens with zero attached hydrogens (tertiary/aromatic N) is 2. The number of nitriles is 1. The zero-order chi connectivity index (χ0) is 14.6. The lowest BCUT2D eigenvalue weighted by molar-refractivity contribution is -0.275. The predicted octanol–water partition coefficient (Wildman–Crippen LogP) is 3.64. The topological polar surface area (TPSA) is 55.1 Å². The molecule has 20 heavy (non-hydrogen) atoms. The summed E-state index contributed by atoms with van der Waals surface area (Å²) in [5, 5.41) is 8.59. The second kappa shape index (κ2) is 5.48. The molecule has 1 aromatic carbocycles. The van der Waals surface area contributed by atoms with E-state index in [2.05, 4.69) is 9.72 Å². The number of ether oxygens (including phenoxy) is 2. The highest BCUT2D eigenvalue weighted by Gasteiger charge is 2.32. The second-order valence-electron chi connectivity index (χ2n) is 3.59. The van der Waals surface area contributed by atoms with Crippen LogP contribution in [0.5, 0.6) is 17.2 Å². The van der Waals surface area contributed by atoms with Gasteiger partial charge in [0.2, 0.25) is 0 Å². The van der Waals surface area contributed by atoms with Gasteiger partial charge in [0.05, 0.1) is 6.20 Å². The van der Waals surface area contributed by atoms with E-state index in [0.717, 1.165) is 6.07 Å². The average molecular weight is 280 g/mol. The molecule has 0 amide bonds. The van der Waals surface area contributed by atoms with Gasteiger partial charge in [-0.05, 0) is 24.3 Å². The van der Waals surface area contributed by atoms with E-state index in [9.17, 15) is 13.2 Å². The minimum Gasteiger partial charge on any atom is -0.452 e. The van der Waals surface area contributed by atoms with Crippen LogP contribution in [0.25, 0.3) is 0 Å². The number of halogens is 3. The Kier molecular flexibility index (Phi) is 3.75. The standard InChI is InChI=1S/C13H7F3N2O2/c14-13(15,16)20-12-4-2-1-3-11(12)19-10-6-5-9(7-17)18-8-10/h1-6,8H. The van der Waals surface area contributed by atoms with E-state index >= 15 is 0 Å². The third-order valence-electron chi connectivity index (χ3n) is 2.15. The molecule has 102 valence electrons. The summed E-state index contributed by atoms with van der Waals surface area (Å²) >= 11 is 0. The van der Waals surface area contributed by atoms with E-state index < -0.39 is 12.1 Å². The predicted molar refractivity (Wildman–Crippen MR) is 62.2 cm³/mol. The first-order chi connectivity index (χ1) is 9.48. The Bertz CT molecular complexity index is 633. The van der Waals surface area contributed by atoms with Crippen molar-refractivity contribution in [2.45, 2.75) is 6.36 Å². The van der Waals surface area contributed by atoms with Gasteiger partial charge in [0.25, 0.3) is 0 Å². The van der Waals surface area contributed by atoms with Gasteiger partial charge in [0.1, 0.15) is 17.5 Å². The van der Waals surface area contributed by atoms with E-state index in [4.69, 9.17) is 10.00 Å². The van der Waals surface area contributed by atoms with Crippen LogP contribution in [0.2, 0.25) is 0 Å². The van der Waals surface area contributed by atoms with Crippen molar-refractivity contribution in [2.75, 3.05) is 0 Å². The summed E-state index contributed by atoms with van der Waals surface area (Å²) in [6.07, 6.45) is -3.56. The Labute approximate surface area is 112 Å². The summed E-state index contributed by atoms with van der Waals surface area (Å²) in [7, 11) is 0. The van der Waals surface area contributed by atoms with Crippen LogP contribution >= 0.6 is 0 Å². The Morgan fingerprint density at radius 3 is 2.30 bits per heavy atom. The fourth-order valence-corrected chi connectivity index (χ4v) is 1.38. The van der Waals surface area contributed by atoms with Crippen LogP contribution in [-0.2, 0) is 0 Å². The van der Waals surface area contributed by atoms with Crippen LogP contribution in [0.1, 0.15) is 5.69 Å². The van der Waals surface area contributed by atoms with Crippen molar-refractivity contribution in [3.8, 4) is 23.3 Å². The number of aromatic nitrogens is 1. The lowest BCUT2D eigenvalue weighted by Crippen LogP contribution is -2.17.